The number of rotatable bonds is 8. The van der Waals surface area contributed by atoms with Crippen molar-refractivity contribution in [2.45, 2.75) is 60.0 Å². The first-order chi connectivity index (χ1) is 12.7. The summed E-state index contributed by atoms with van der Waals surface area (Å²) < 4.78 is 11.0. The maximum Gasteiger partial charge on any atom is 0.344 e. The van der Waals surface area contributed by atoms with Crippen LogP contribution in [0.2, 0.25) is 0 Å². The molecule has 7 heteroatoms. The minimum Gasteiger partial charge on any atom is -0.481 e. The Bertz CT molecular complexity index is 758. The molecule has 0 saturated carbocycles. The van der Waals surface area contributed by atoms with Crippen molar-refractivity contribution in [3.8, 4) is 16.3 Å². The molecule has 0 radical (unpaired) electrons. The van der Waals surface area contributed by atoms with Gasteiger partial charge in [0.15, 0.2) is 6.61 Å². The van der Waals surface area contributed by atoms with Gasteiger partial charge in [-0.25, -0.2) is 4.79 Å². The molecule has 2 aromatic rings. The van der Waals surface area contributed by atoms with Crippen molar-refractivity contribution in [1.29, 1.82) is 0 Å². The summed E-state index contributed by atoms with van der Waals surface area (Å²) in [5.41, 5.74) is 2.37. The van der Waals surface area contributed by atoms with Crippen LogP contribution in [0.1, 0.15) is 51.7 Å². The molecule has 6 nitrogen and oxygen atoms in total. The zero-order valence-electron chi connectivity index (χ0n) is 17.0. The van der Waals surface area contributed by atoms with Gasteiger partial charge in [0.25, 0.3) is 0 Å². The monoisotopic (exact) mass is 391 g/mol. The fourth-order valence-corrected chi connectivity index (χ4v) is 3.34. The van der Waals surface area contributed by atoms with Crippen molar-refractivity contribution in [3.63, 3.8) is 0 Å². The molecule has 27 heavy (non-hydrogen) atoms. The number of carbonyl (C=O) groups is 1. The predicted molar refractivity (Wildman–Crippen MR) is 110 cm³/mol. The van der Waals surface area contributed by atoms with E-state index in [9.17, 15) is 4.79 Å². The van der Waals surface area contributed by atoms with E-state index in [1.54, 1.807) is 0 Å². The summed E-state index contributed by atoms with van der Waals surface area (Å²) in [5.74, 6) is 0.327. The summed E-state index contributed by atoms with van der Waals surface area (Å²) in [5, 5.41) is 13.5. The number of nitrogens with zero attached hydrogens (tertiary/aromatic N) is 2. The second-order valence-electron chi connectivity index (χ2n) is 7.51. The summed E-state index contributed by atoms with van der Waals surface area (Å²) >= 11 is 1.54. The molecule has 1 aromatic heterocycles. The van der Waals surface area contributed by atoms with Crippen LogP contribution in [-0.2, 0) is 9.53 Å². The molecule has 0 amide bonds. The maximum atomic E-state index is 11.9. The van der Waals surface area contributed by atoms with Gasteiger partial charge >= 0.3 is 5.97 Å². The predicted octanol–water partition coefficient (Wildman–Crippen LogP) is 4.75. The van der Waals surface area contributed by atoms with Crippen LogP contribution in [0.25, 0.3) is 10.6 Å². The van der Waals surface area contributed by atoms with Gasteiger partial charge in [-0.05, 0) is 64.3 Å². The van der Waals surface area contributed by atoms with Crippen LogP contribution >= 0.6 is 11.3 Å². The third kappa shape index (κ3) is 6.50. The Morgan fingerprint density at radius 3 is 2.44 bits per heavy atom. The van der Waals surface area contributed by atoms with E-state index in [4.69, 9.17) is 9.47 Å². The zero-order chi connectivity index (χ0) is 20.0. The quantitative estimate of drug-likeness (QED) is 0.517. The van der Waals surface area contributed by atoms with E-state index in [2.05, 4.69) is 22.4 Å². The molecule has 0 atom stereocenters. The Morgan fingerprint density at radius 2 is 1.85 bits per heavy atom. The minimum absolute atomic E-state index is 0.109. The Balaban J connectivity index is 2.07. The summed E-state index contributed by atoms with van der Waals surface area (Å²) in [6.07, 6.45) is 2.25. The highest BCUT2D eigenvalue weighted by molar-refractivity contribution is 7.18. The average molecular weight is 392 g/mol. The molecular weight excluding hydrogens is 362 g/mol. The summed E-state index contributed by atoms with van der Waals surface area (Å²) in [7, 11) is 0. The normalized spacial score (nSPS) is 11.3. The fraction of sp³-hybridized carbons (Fsp3) is 0.550. The number of unbranched alkanes of at least 4 members (excludes halogenated alkanes) is 1. The second-order valence-corrected chi connectivity index (χ2v) is 8.48. The van der Waals surface area contributed by atoms with Gasteiger partial charge in [0.1, 0.15) is 16.4 Å². The highest BCUT2D eigenvalue weighted by Crippen LogP contribution is 2.32. The molecule has 0 aliphatic rings. The van der Waals surface area contributed by atoms with E-state index in [0.29, 0.717) is 5.75 Å². The molecule has 0 fully saturated rings. The van der Waals surface area contributed by atoms with Crippen LogP contribution in [0.4, 0.5) is 5.13 Å². The lowest BCUT2D eigenvalue weighted by Gasteiger charge is -2.20. The molecule has 0 bridgehead atoms. The van der Waals surface area contributed by atoms with Crippen LogP contribution in [-0.4, -0.2) is 34.9 Å². The molecule has 0 unspecified atom stereocenters. The van der Waals surface area contributed by atoms with Crippen LogP contribution in [0.15, 0.2) is 12.1 Å². The third-order valence-corrected chi connectivity index (χ3v) is 4.62. The average Bonchev–Trinajstić information content (AvgIpc) is 3.01. The van der Waals surface area contributed by atoms with E-state index >= 15 is 0 Å². The smallest absolute Gasteiger partial charge is 0.344 e. The molecule has 0 aliphatic carbocycles. The number of esters is 1. The number of aromatic nitrogens is 2. The van der Waals surface area contributed by atoms with Crippen molar-refractivity contribution >= 4 is 22.4 Å². The first-order valence-electron chi connectivity index (χ1n) is 9.23. The highest BCUT2D eigenvalue weighted by Gasteiger charge is 2.18. The van der Waals surface area contributed by atoms with E-state index in [-0.39, 0.29) is 12.6 Å². The Kier molecular flexibility index (Phi) is 7.18. The molecule has 0 aliphatic heterocycles. The second kappa shape index (κ2) is 9.17. The lowest BCUT2D eigenvalue weighted by molar-refractivity contribution is -0.157. The molecular formula is C20H29N3O3S. The molecule has 1 heterocycles. The van der Waals surface area contributed by atoms with Gasteiger partial charge in [-0.3, -0.25) is 0 Å². The topological polar surface area (TPSA) is 73.3 Å². The Labute approximate surface area is 165 Å². The van der Waals surface area contributed by atoms with Crippen LogP contribution in [0, 0.1) is 13.8 Å². The van der Waals surface area contributed by atoms with Crippen LogP contribution in [0.3, 0.4) is 0 Å². The van der Waals surface area contributed by atoms with E-state index in [1.165, 1.54) is 11.3 Å². The first-order valence-corrected chi connectivity index (χ1v) is 10.0. The lowest BCUT2D eigenvalue weighted by Crippen LogP contribution is -2.27. The van der Waals surface area contributed by atoms with E-state index < -0.39 is 5.60 Å². The Hall–Kier alpha value is -2.15. The highest BCUT2D eigenvalue weighted by atomic mass is 32.1. The number of carbonyl (C=O) groups excluding carboxylic acids is 1. The molecule has 2 rings (SSSR count). The largest absolute Gasteiger partial charge is 0.481 e. The van der Waals surface area contributed by atoms with Gasteiger partial charge in [0, 0.05) is 12.1 Å². The SMILES string of the molecule is CCCCNc1nnc(-c2cc(C)c(OCC(=O)OC(C)(C)C)c(C)c2)s1. The maximum absolute atomic E-state index is 11.9. The number of hydrogen-bond donors (Lipinski definition) is 1. The molecule has 148 valence electrons. The summed E-state index contributed by atoms with van der Waals surface area (Å²) in [4.78, 5) is 11.9. The van der Waals surface area contributed by atoms with Gasteiger partial charge in [-0.2, -0.15) is 0 Å². The van der Waals surface area contributed by atoms with Crippen LogP contribution < -0.4 is 10.1 Å². The van der Waals surface area contributed by atoms with Crippen molar-refractivity contribution in [2.75, 3.05) is 18.5 Å². The van der Waals surface area contributed by atoms with Crippen molar-refractivity contribution in [3.05, 3.63) is 23.3 Å². The van der Waals surface area contributed by atoms with Crippen LogP contribution in [0.5, 0.6) is 5.75 Å². The third-order valence-electron chi connectivity index (χ3n) is 3.69. The van der Waals surface area contributed by atoms with E-state index in [0.717, 1.165) is 46.2 Å². The molecule has 1 aromatic carbocycles. The number of nitrogens with one attached hydrogen (secondary N) is 1. The van der Waals surface area contributed by atoms with E-state index in [1.807, 2.05) is 46.8 Å². The fourth-order valence-electron chi connectivity index (χ4n) is 2.59. The minimum atomic E-state index is -0.519. The number of anilines is 1. The van der Waals surface area contributed by atoms with Gasteiger partial charge in [-0.15, -0.1) is 10.2 Å². The van der Waals surface area contributed by atoms with Gasteiger partial charge in [0.2, 0.25) is 5.13 Å². The first kappa shape index (κ1) is 21.2. The van der Waals surface area contributed by atoms with Gasteiger partial charge in [-0.1, -0.05) is 24.7 Å². The summed E-state index contributed by atoms with van der Waals surface area (Å²) in [6, 6.07) is 4.02. The lowest BCUT2D eigenvalue weighted by atomic mass is 10.1. The molecule has 0 spiro atoms. The summed E-state index contributed by atoms with van der Waals surface area (Å²) in [6.45, 7) is 12.4. The van der Waals surface area contributed by atoms with Gasteiger partial charge < -0.3 is 14.8 Å². The standard InChI is InChI=1S/C20H29N3O3S/c1-7-8-9-21-19-23-22-18(27-19)15-10-13(2)17(14(3)11-15)25-12-16(24)26-20(4,5)6/h10-11H,7-9,12H2,1-6H3,(H,21,23). The number of aryl methyl sites for hydroxylation is 2. The van der Waals surface area contributed by atoms with Crippen molar-refractivity contribution < 1.29 is 14.3 Å². The van der Waals surface area contributed by atoms with Gasteiger partial charge in [0.05, 0.1) is 0 Å². The number of benzene rings is 1. The number of hydrogen-bond acceptors (Lipinski definition) is 7. The van der Waals surface area contributed by atoms with Crippen molar-refractivity contribution in [1.82, 2.24) is 10.2 Å². The van der Waals surface area contributed by atoms with Crippen molar-refractivity contribution in [2.24, 2.45) is 0 Å². The molecule has 1 N–H and O–H groups in total. The zero-order valence-corrected chi connectivity index (χ0v) is 17.8. The molecule has 0 saturated heterocycles. The Morgan fingerprint density at radius 1 is 1.19 bits per heavy atom. The number of ether oxygens (including phenoxy) is 2.